The Morgan fingerprint density at radius 2 is 2.13 bits per heavy atom. The highest BCUT2D eigenvalue weighted by Gasteiger charge is 2.15. The molecule has 0 radical (unpaired) electrons. The summed E-state index contributed by atoms with van der Waals surface area (Å²) in [7, 11) is 0. The van der Waals surface area contributed by atoms with Crippen molar-refractivity contribution in [2.24, 2.45) is 0 Å². The summed E-state index contributed by atoms with van der Waals surface area (Å²) in [6.45, 7) is 10.7. The quantitative estimate of drug-likeness (QED) is 0.780. The minimum Gasteiger partial charge on any atom is -0.308 e. The second-order valence-corrected chi connectivity index (χ2v) is 4.69. The molecule has 1 heterocycles. The number of hydrogen-bond donors (Lipinski definition) is 1. The number of hydrogen-bond acceptors (Lipinski definition) is 2. The van der Waals surface area contributed by atoms with Crippen LogP contribution in [0.3, 0.4) is 0 Å². The van der Waals surface area contributed by atoms with Crippen LogP contribution >= 0.6 is 0 Å². The average molecular weight is 209 g/mol. The van der Waals surface area contributed by atoms with Crippen LogP contribution in [0, 0.1) is 0 Å². The van der Waals surface area contributed by atoms with Crippen molar-refractivity contribution in [3.8, 4) is 0 Å². The number of aromatic nitrogens is 2. The molecule has 1 rings (SSSR count). The van der Waals surface area contributed by atoms with Crippen molar-refractivity contribution in [2.75, 3.05) is 0 Å². The first-order chi connectivity index (χ1) is 7.07. The second-order valence-electron chi connectivity index (χ2n) is 4.69. The Morgan fingerprint density at radius 1 is 1.40 bits per heavy atom. The Labute approximate surface area is 92.9 Å². The van der Waals surface area contributed by atoms with Gasteiger partial charge in [-0.05, 0) is 27.2 Å². The van der Waals surface area contributed by atoms with Crippen molar-refractivity contribution in [1.82, 2.24) is 15.1 Å². The SMILES string of the molecule is CCCC(C)(C)NCc1cnn(CC)c1. The number of aryl methyl sites for hydroxylation is 1. The van der Waals surface area contributed by atoms with Gasteiger partial charge in [-0.1, -0.05) is 13.3 Å². The summed E-state index contributed by atoms with van der Waals surface area (Å²) >= 11 is 0. The van der Waals surface area contributed by atoms with Gasteiger partial charge in [0.2, 0.25) is 0 Å². The minimum atomic E-state index is 0.225. The average Bonchev–Trinajstić information content (AvgIpc) is 2.62. The van der Waals surface area contributed by atoms with E-state index in [9.17, 15) is 0 Å². The number of rotatable bonds is 6. The van der Waals surface area contributed by atoms with Crippen LogP contribution in [-0.2, 0) is 13.1 Å². The molecule has 3 heteroatoms. The van der Waals surface area contributed by atoms with E-state index < -0.39 is 0 Å². The van der Waals surface area contributed by atoms with Crippen molar-refractivity contribution in [1.29, 1.82) is 0 Å². The maximum atomic E-state index is 4.26. The zero-order valence-corrected chi connectivity index (χ0v) is 10.4. The van der Waals surface area contributed by atoms with Crippen LogP contribution in [0.15, 0.2) is 12.4 Å². The van der Waals surface area contributed by atoms with Crippen molar-refractivity contribution in [2.45, 2.75) is 59.2 Å². The van der Waals surface area contributed by atoms with Gasteiger partial charge in [-0.3, -0.25) is 4.68 Å². The summed E-state index contributed by atoms with van der Waals surface area (Å²) in [5, 5.41) is 7.82. The topological polar surface area (TPSA) is 29.9 Å². The molecule has 0 spiro atoms. The lowest BCUT2D eigenvalue weighted by Crippen LogP contribution is -2.38. The van der Waals surface area contributed by atoms with Crippen molar-refractivity contribution in [3.63, 3.8) is 0 Å². The summed E-state index contributed by atoms with van der Waals surface area (Å²) in [5.41, 5.74) is 1.49. The second kappa shape index (κ2) is 5.31. The van der Waals surface area contributed by atoms with Gasteiger partial charge >= 0.3 is 0 Å². The van der Waals surface area contributed by atoms with Gasteiger partial charge in [0.25, 0.3) is 0 Å². The van der Waals surface area contributed by atoms with E-state index in [0.29, 0.717) is 0 Å². The lowest BCUT2D eigenvalue weighted by Gasteiger charge is -2.25. The summed E-state index contributed by atoms with van der Waals surface area (Å²) < 4.78 is 1.96. The predicted molar refractivity (Wildman–Crippen MR) is 63.7 cm³/mol. The predicted octanol–water partition coefficient (Wildman–Crippen LogP) is 2.57. The third-order valence-corrected chi connectivity index (χ3v) is 2.66. The molecule has 0 atom stereocenters. The Balaban J connectivity index is 2.42. The molecule has 0 aromatic carbocycles. The molecule has 0 aliphatic carbocycles. The third kappa shape index (κ3) is 4.04. The highest BCUT2D eigenvalue weighted by Crippen LogP contribution is 2.11. The molecule has 0 unspecified atom stereocenters. The Kier molecular flexibility index (Phi) is 4.33. The first-order valence-electron chi connectivity index (χ1n) is 5.83. The highest BCUT2D eigenvalue weighted by molar-refractivity contribution is 5.04. The van der Waals surface area contributed by atoms with E-state index in [-0.39, 0.29) is 5.54 Å². The van der Waals surface area contributed by atoms with Crippen molar-refractivity contribution < 1.29 is 0 Å². The van der Waals surface area contributed by atoms with Gasteiger partial charge in [-0.25, -0.2) is 0 Å². The van der Waals surface area contributed by atoms with Crippen molar-refractivity contribution >= 4 is 0 Å². The molecule has 0 fully saturated rings. The summed E-state index contributed by atoms with van der Waals surface area (Å²) in [6.07, 6.45) is 6.47. The van der Waals surface area contributed by atoms with Gasteiger partial charge in [0.15, 0.2) is 0 Å². The molecule has 0 bridgehead atoms. The fourth-order valence-electron chi connectivity index (χ4n) is 1.73. The van der Waals surface area contributed by atoms with E-state index in [1.165, 1.54) is 18.4 Å². The molecular formula is C12H23N3. The van der Waals surface area contributed by atoms with Crippen LogP contribution in [-0.4, -0.2) is 15.3 Å². The lowest BCUT2D eigenvalue weighted by atomic mass is 9.99. The van der Waals surface area contributed by atoms with Gasteiger partial charge < -0.3 is 5.32 Å². The standard InChI is InChI=1S/C12H23N3/c1-5-7-12(3,4)13-8-11-9-14-15(6-2)10-11/h9-10,13H,5-8H2,1-4H3. The van der Waals surface area contributed by atoms with Gasteiger partial charge in [0.05, 0.1) is 6.20 Å². The molecule has 86 valence electrons. The molecule has 3 nitrogen and oxygen atoms in total. The Bertz CT molecular complexity index is 289. The summed E-state index contributed by atoms with van der Waals surface area (Å²) in [6, 6.07) is 0. The van der Waals surface area contributed by atoms with Gasteiger partial charge in [0, 0.05) is 30.4 Å². The van der Waals surface area contributed by atoms with E-state index >= 15 is 0 Å². The maximum Gasteiger partial charge on any atom is 0.0534 e. The molecule has 15 heavy (non-hydrogen) atoms. The van der Waals surface area contributed by atoms with E-state index in [1.807, 2.05) is 10.9 Å². The van der Waals surface area contributed by atoms with Crippen LogP contribution in [0.1, 0.15) is 46.1 Å². The largest absolute Gasteiger partial charge is 0.308 e. The first kappa shape index (κ1) is 12.2. The highest BCUT2D eigenvalue weighted by atomic mass is 15.3. The normalized spacial score (nSPS) is 12.0. The van der Waals surface area contributed by atoms with Crippen LogP contribution in [0.5, 0.6) is 0 Å². The molecule has 0 aliphatic rings. The molecular weight excluding hydrogens is 186 g/mol. The molecule has 0 amide bonds. The zero-order chi connectivity index (χ0) is 11.3. The summed E-state index contributed by atoms with van der Waals surface area (Å²) in [4.78, 5) is 0. The van der Waals surface area contributed by atoms with Crippen molar-refractivity contribution in [3.05, 3.63) is 18.0 Å². The molecule has 1 aromatic rings. The van der Waals surface area contributed by atoms with E-state index in [2.05, 4.69) is 44.3 Å². The van der Waals surface area contributed by atoms with Crippen LogP contribution < -0.4 is 5.32 Å². The molecule has 0 saturated heterocycles. The van der Waals surface area contributed by atoms with Crippen LogP contribution in [0.25, 0.3) is 0 Å². The van der Waals surface area contributed by atoms with Gasteiger partial charge in [-0.2, -0.15) is 5.10 Å². The van der Waals surface area contributed by atoms with Crippen LogP contribution in [0.2, 0.25) is 0 Å². The fourth-order valence-corrected chi connectivity index (χ4v) is 1.73. The smallest absolute Gasteiger partial charge is 0.0534 e. The monoisotopic (exact) mass is 209 g/mol. The summed E-state index contributed by atoms with van der Waals surface area (Å²) in [5.74, 6) is 0. The first-order valence-corrected chi connectivity index (χ1v) is 5.83. The Hall–Kier alpha value is -0.830. The molecule has 1 N–H and O–H groups in total. The zero-order valence-electron chi connectivity index (χ0n) is 10.4. The molecule has 1 aromatic heterocycles. The lowest BCUT2D eigenvalue weighted by molar-refractivity contribution is 0.357. The molecule has 0 aliphatic heterocycles. The fraction of sp³-hybridized carbons (Fsp3) is 0.750. The minimum absolute atomic E-state index is 0.225. The van der Waals surface area contributed by atoms with E-state index in [4.69, 9.17) is 0 Å². The van der Waals surface area contributed by atoms with Gasteiger partial charge in [-0.15, -0.1) is 0 Å². The third-order valence-electron chi connectivity index (χ3n) is 2.66. The number of nitrogens with one attached hydrogen (secondary N) is 1. The van der Waals surface area contributed by atoms with Crippen LogP contribution in [0.4, 0.5) is 0 Å². The maximum absolute atomic E-state index is 4.26. The van der Waals surface area contributed by atoms with Gasteiger partial charge in [0.1, 0.15) is 0 Å². The molecule has 0 saturated carbocycles. The van der Waals surface area contributed by atoms with E-state index in [1.54, 1.807) is 0 Å². The van der Waals surface area contributed by atoms with E-state index in [0.717, 1.165) is 13.1 Å². The Morgan fingerprint density at radius 3 is 2.67 bits per heavy atom. The number of nitrogens with zero attached hydrogens (tertiary/aromatic N) is 2.